The molecule has 2 rings (SSSR count). The zero-order valence-electron chi connectivity index (χ0n) is 6.74. The molecule has 1 aromatic rings. The third kappa shape index (κ3) is 1.84. The molecule has 0 fully saturated rings. The van der Waals surface area contributed by atoms with Crippen molar-refractivity contribution in [3.05, 3.63) is 23.4 Å². The molecule has 0 saturated carbocycles. The van der Waals surface area contributed by atoms with Crippen LogP contribution in [0.2, 0.25) is 5.02 Å². The van der Waals surface area contributed by atoms with Crippen LogP contribution in [0.1, 0.15) is 6.42 Å². The van der Waals surface area contributed by atoms with Gasteiger partial charge in [-0.25, -0.2) is 9.99 Å². The normalized spacial score (nSPS) is 16.2. The summed E-state index contributed by atoms with van der Waals surface area (Å²) in [4.78, 5) is 4.16. The topological polar surface area (TPSA) is 28.5 Å². The standard InChI is InChI=1S/C8H7BrClN3/c9-7-3-5-13(12-7)8-6(10)2-1-4-11-8/h1-2,4H,3,5H2. The summed E-state index contributed by atoms with van der Waals surface area (Å²) in [5.41, 5.74) is 0. The Morgan fingerprint density at radius 3 is 3.00 bits per heavy atom. The van der Waals surface area contributed by atoms with E-state index in [9.17, 15) is 0 Å². The molecule has 3 nitrogen and oxygen atoms in total. The van der Waals surface area contributed by atoms with Crippen LogP contribution >= 0.6 is 27.5 Å². The summed E-state index contributed by atoms with van der Waals surface area (Å²) in [7, 11) is 0. The minimum atomic E-state index is 0.633. The maximum absolute atomic E-state index is 5.96. The number of halogens is 2. The van der Waals surface area contributed by atoms with Gasteiger partial charge in [-0.15, -0.1) is 0 Å². The Hall–Kier alpha value is -0.610. The fourth-order valence-electron chi connectivity index (χ4n) is 1.15. The van der Waals surface area contributed by atoms with Gasteiger partial charge in [-0.2, -0.15) is 5.10 Å². The summed E-state index contributed by atoms with van der Waals surface area (Å²) in [6.45, 7) is 0.831. The van der Waals surface area contributed by atoms with Crippen molar-refractivity contribution in [1.29, 1.82) is 0 Å². The van der Waals surface area contributed by atoms with E-state index in [1.807, 2.05) is 6.07 Å². The van der Waals surface area contributed by atoms with E-state index in [2.05, 4.69) is 26.0 Å². The molecule has 0 aromatic carbocycles. The maximum Gasteiger partial charge on any atom is 0.167 e. The summed E-state index contributed by atoms with van der Waals surface area (Å²) in [5.74, 6) is 0.721. The SMILES string of the molecule is Clc1cccnc1N1CCC(Br)=N1. The molecule has 0 saturated heterocycles. The van der Waals surface area contributed by atoms with Crippen LogP contribution in [0.15, 0.2) is 23.4 Å². The Bertz CT molecular complexity index is 353. The van der Waals surface area contributed by atoms with Gasteiger partial charge in [0.15, 0.2) is 5.82 Å². The zero-order valence-corrected chi connectivity index (χ0v) is 9.09. The van der Waals surface area contributed by atoms with E-state index >= 15 is 0 Å². The minimum absolute atomic E-state index is 0.633. The second-order valence-corrected chi connectivity index (χ2v) is 3.98. The number of hydrogen-bond donors (Lipinski definition) is 0. The van der Waals surface area contributed by atoms with Crippen LogP contribution in [0.25, 0.3) is 0 Å². The Kier molecular flexibility index (Phi) is 2.51. The predicted octanol–water partition coefficient (Wildman–Crippen LogP) is 2.65. The molecule has 13 heavy (non-hydrogen) atoms. The van der Waals surface area contributed by atoms with Gasteiger partial charge in [0, 0.05) is 19.2 Å². The Morgan fingerprint density at radius 1 is 1.54 bits per heavy atom. The fourth-order valence-corrected chi connectivity index (χ4v) is 1.74. The molecule has 0 spiro atoms. The Balaban J connectivity index is 2.31. The number of pyridine rings is 1. The highest BCUT2D eigenvalue weighted by atomic mass is 79.9. The lowest BCUT2D eigenvalue weighted by molar-refractivity contribution is 0.896. The van der Waals surface area contributed by atoms with Gasteiger partial charge in [-0.05, 0) is 28.1 Å². The smallest absolute Gasteiger partial charge is 0.167 e. The van der Waals surface area contributed by atoms with Gasteiger partial charge < -0.3 is 0 Å². The predicted molar refractivity (Wildman–Crippen MR) is 57.6 cm³/mol. The number of anilines is 1. The first kappa shape index (κ1) is 8.97. The van der Waals surface area contributed by atoms with E-state index in [-0.39, 0.29) is 0 Å². The van der Waals surface area contributed by atoms with Crippen molar-refractivity contribution in [2.24, 2.45) is 5.10 Å². The highest BCUT2D eigenvalue weighted by Gasteiger charge is 2.16. The number of hydrazone groups is 1. The average Bonchev–Trinajstić information content (AvgIpc) is 2.53. The zero-order chi connectivity index (χ0) is 9.26. The van der Waals surface area contributed by atoms with Gasteiger partial charge in [-0.1, -0.05) is 11.6 Å². The quantitative estimate of drug-likeness (QED) is 0.777. The molecule has 68 valence electrons. The lowest BCUT2D eigenvalue weighted by atomic mass is 10.4. The van der Waals surface area contributed by atoms with Crippen molar-refractivity contribution in [1.82, 2.24) is 4.98 Å². The summed E-state index contributed by atoms with van der Waals surface area (Å²) in [5, 5.41) is 6.67. The van der Waals surface area contributed by atoms with Gasteiger partial charge in [0.05, 0.1) is 5.02 Å². The summed E-state index contributed by atoms with van der Waals surface area (Å²) < 4.78 is 0.939. The number of hydrogen-bond acceptors (Lipinski definition) is 3. The lowest BCUT2D eigenvalue weighted by Crippen LogP contribution is -2.13. The molecule has 2 heterocycles. The van der Waals surface area contributed by atoms with Gasteiger partial charge in [0.2, 0.25) is 0 Å². The van der Waals surface area contributed by atoms with E-state index < -0.39 is 0 Å². The number of rotatable bonds is 1. The largest absolute Gasteiger partial charge is 0.245 e. The van der Waals surface area contributed by atoms with Gasteiger partial charge in [-0.3, -0.25) is 0 Å². The molecule has 0 N–H and O–H groups in total. The molecular formula is C8H7BrClN3. The van der Waals surface area contributed by atoms with Crippen LogP contribution in [-0.2, 0) is 0 Å². The van der Waals surface area contributed by atoms with Crippen molar-refractivity contribution in [2.75, 3.05) is 11.6 Å². The molecule has 0 atom stereocenters. The lowest BCUT2D eigenvalue weighted by Gasteiger charge is -2.12. The van der Waals surface area contributed by atoms with Crippen molar-refractivity contribution < 1.29 is 0 Å². The van der Waals surface area contributed by atoms with Crippen LogP contribution < -0.4 is 5.01 Å². The van der Waals surface area contributed by atoms with E-state index in [4.69, 9.17) is 11.6 Å². The highest BCUT2D eigenvalue weighted by Crippen LogP contribution is 2.25. The highest BCUT2D eigenvalue weighted by molar-refractivity contribution is 9.18. The average molecular weight is 261 g/mol. The fraction of sp³-hybridized carbons (Fsp3) is 0.250. The van der Waals surface area contributed by atoms with Crippen LogP contribution in [0.3, 0.4) is 0 Å². The summed E-state index contributed by atoms with van der Waals surface area (Å²) in [6, 6.07) is 3.62. The third-order valence-electron chi connectivity index (χ3n) is 1.74. The first-order chi connectivity index (χ1) is 6.27. The van der Waals surface area contributed by atoms with Crippen LogP contribution in [0, 0.1) is 0 Å². The Labute approximate surface area is 89.5 Å². The number of nitrogens with zero attached hydrogens (tertiary/aromatic N) is 3. The molecule has 0 unspecified atom stereocenters. The van der Waals surface area contributed by atoms with Crippen molar-refractivity contribution in [3.8, 4) is 0 Å². The number of aromatic nitrogens is 1. The molecule has 1 aliphatic rings. The van der Waals surface area contributed by atoms with E-state index in [0.29, 0.717) is 5.02 Å². The molecular weight excluding hydrogens is 253 g/mol. The van der Waals surface area contributed by atoms with Gasteiger partial charge >= 0.3 is 0 Å². The van der Waals surface area contributed by atoms with Crippen LogP contribution in [0.5, 0.6) is 0 Å². The minimum Gasteiger partial charge on any atom is -0.245 e. The van der Waals surface area contributed by atoms with E-state index in [1.54, 1.807) is 17.3 Å². The van der Waals surface area contributed by atoms with Crippen LogP contribution in [0.4, 0.5) is 5.82 Å². The molecule has 0 radical (unpaired) electrons. The first-order valence-electron chi connectivity index (χ1n) is 3.88. The van der Waals surface area contributed by atoms with E-state index in [0.717, 1.165) is 23.4 Å². The maximum atomic E-state index is 5.96. The first-order valence-corrected chi connectivity index (χ1v) is 5.05. The molecule has 0 aliphatic carbocycles. The Morgan fingerprint density at radius 2 is 2.38 bits per heavy atom. The van der Waals surface area contributed by atoms with Gasteiger partial charge in [0.1, 0.15) is 4.62 Å². The molecule has 0 amide bonds. The molecule has 1 aliphatic heterocycles. The van der Waals surface area contributed by atoms with Gasteiger partial charge in [0.25, 0.3) is 0 Å². The second-order valence-electron chi connectivity index (χ2n) is 2.66. The third-order valence-corrected chi connectivity index (χ3v) is 2.59. The van der Waals surface area contributed by atoms with Crippen molar-refractivity contribution in [3.63, 3.8) is 0 Å². The van der Waals surface area contributed by atoms with Crippen molar-refractivity contribution >= 4 is 38.0 Å². The second kappa shape index (κ2) is 3.64. The summed E-state index contributed by atoms with van der Waals surface area (Å²) >= 11 is 9.30. The summed E-state index contributed by atoms with van der Waals surface area (Å²) in [6.07, 6.45) is 2.62. The molecule has 5 heteroatoms. The van der Waals surface area contributed by atoms with Crippen molar-refractivity contribution in [2.45, 2.75) is 6.42 Å². The monoisotopic (exact) mass is 259 g/mol. The van der Waals surface area contributed by atoms with Crippen LogP contribution in [-0.4, -0.2) is 16.1 Å². The molecule has 0 bridgehead atoms. The molecule has 1 aromatic heterocycles. The van der Waals surface area contributed by atoms with E-state index in [1.165, 1.54) is 0 Å².